The third-order valence-electron chi connectivity index (χ3n) is 4.77. The number of nitrogens with zero attached hydrogens (tertiary/aromatic N) is 3. The lowest BCUT2D eigenvalue weighted by atomic mass is 10.1. The number of carbonyl (C=O) groups excluding carboxylic acids is 2. The predicted octanol–water partition coefficient (Wildman–Crippen LogP) is 1.53. The molecule has 0 spiro atoms. The van der Waals surface area contributed by atoms with Crippen LogP contribution >= 0.6 is 0 Å². The summed E-state index contributed by atoms with van der Waals surface area (Å²) in [5, 5.41) is 7.07. The number of hydrogen-bond donors (Lipinski definition) is 1. The summed E-state index contributed by atoms with van der Waals surface area (Å²) in [6.45, 7) is 5.41. The number of aryl methyl sites for hydroxylation is 2. The number of methoxy groups -OCH3 is 1. The smallest absolute Gasteiger partial charge is 0.257 e. The summed E-state index contributed by atoms with van der Waals surface area (Å²) in [5.41, 5.74) is 2.60. The Morgan fingerprint density at radius 1 is 1.39 bits per heavy atom. The third kappa shape index (κ3) is 4.17. The predicted molar refractivity (Wildman–Crippen MR) is 103 cm³/mol. The van der Waals surface area contributed by atoms with Crippen LogP contribution in [0, 0.1) is 6.92 Å². The van der Waals surface area contributed by atoms with E-state index in [-0.39, 0.29) is 17.9 Å². The first-order valence-electron chi connectivity index (χ1n) is 9.24. The van der Waals surface area contributed by atoms with Gasteiger partial charge in [-0.05, 0) is 32.0 Å². The second-order valence-electron chi connectivity index (χ2n) is 6.97. The summed E-state index contributed by atoms with van der Waals surface area (Å²) >= 11 is 0. The highest BCUT2D eigenvalue weighted by Gasteiger charge is 2.28. The van der Waals surface area contributed by atoms with Crippen molar-refractivity contribution in [2.45, 2.75) is 26.4 Å². The molecule has 1 N–H and O–H groups in total. The average molecular weight is 386 g/mol. The van der Waals surface area contributed by atoms with Crippen molar-refractivity contribution in [1.29, 1.82) is 0 Å². The Bertz CT molecular complexity index is 877. The Hall–Kier alpha value is -2.87. The zero-order chi connectivity index (χ0) is 20.3. The molecule has 0 bridgehead atoms. The SMILES string of the molecule is COCCNC(=O)c1ccc2c(c1)CN(C(=O)c1cn(C)nc1C)[C@@H](C)CO2. The van der Waals surface area contributed by atoms with Crippen molar-refractivity contribution in [3.8, 4) is 5.75 Å². The standard InChI is InChI=1S/C20H26N4O4/c1-13-12-28-18-6-5-15(19(25)21-7-8-27-4)9-16(18)10-24(13)20(26)17-11-23(3)22-14(17)2/h5-6,9,11,13H,7-8,10,12H2,1-4H3,(H,21,25)/t13-/m0/s1. The first-order valence-corrected chi connectivity index (χ1v) is 9.24. The topological polar surface area (TPSA) is 85.7 Å². The highest BCUT2D eigenvalue weighted by atomic mass is 16.5. The van der Waals surface area contributed by atoms with Crippen LogP contribution in [0.4, 0.5) is 0 Å². The van der Waals surface area contributed by atoms with Crippen molar-refractivity contribution in [2.75, 3.05) is 26.9 Å². The van der Waals surface area contributed by atoms with Crippen LogP contribution in [-0.4, -0.2) is 59.4 Å². The van der Waals surface area contributed by atoms with E-state index >= 15 is 0 Å². The summed E-state index contributed by atoms with van der Waals surface area (Å²) < 4.78 is 12.5. The second-order valence-corrected chi connectivity index (χ2v) is 6.97. The molecule has 0 radical (unpaired) electrons. The van der Waals surface area contributed by atoms with Crippen LogP contribution in [0.15, 0.2) is 24.4 Å². The van der Waals surface area contributed by atoms with Crippen LogP contribution < -0.4 is 10.1 Å². The van der Waals surface area contributed by atoms with Crippen molar-refractivity contribution in [1.82, 2.24) is 20.0 Å². The van der Waals surface area contributed by atoms with Gasteiger partial charge in [-0.15, -0.1) is 0 Å². The molecule has 1 aliphatic rings. The van der Waals surface area contributed by atoms with Gasteiger partial charge in [0.05, 0.1) is 30.5 Å². The lowest BCUT2D eigenvalue weighted by Crippen LogP contribution is -2.40. The Morgan fingerprint density at radius 3 is 2.86 bits per heavy atom. The van der Waals surface area contributed by atoms with E-state index in [1.807, 2.05) is 13.8 Å². The molecule has 0 saturated carbocycles. The highest BCUT2D eigenvalue weighted by molar-refractivity contribution is 5.96. The van der Waals surface area contributed by atoms with Gasteiger partial charge in [-0.2, -0.15) is 5.10 Å². The fourth-order valence-corrected chi connectivity index (χ4v) is 3.23. The molecule has 2 heterocycles. The zero-order valence-electron chi connectivity index (χ0n) is 16.7. The maximum Gasteiger partial charge on any atom is 0.257 e. The maximum atomic E-state index is 13.1. The maximum absolute atomic E-state index is 13.1. The zero-order valence-corrected chi connectivity index (χ0v) is 16.7. The monoisotopic (exact) mass is 386 g/mol. The summed E-state index contributed by atoms with van der Waals surface area (Å²) in [6, 6.07) is 5.19. The molecule has 2 amide bonds. The lowest BCUT2D eigenvalue weighted by molar-refractivity contribution is 0.0644. The summed E-state index contributed by atoms with van der Waals surface area (Å²) in [7, 11) is 3.38. The minimum Gasteiger partial charge on any atom is -0.491 e. The molecular formula is C20H26N4O4. The van der Waals surface area contributed by atoms with Gasteiger partial charge >= 0.3 is 0 Å². The molecule has 1 aromatic carbocycles. The third-order valence-corrected chi connectivity index (χ3v) is 4.77. The molecule has 150 valence electrons. The van der Waals surface area contributed by atoms with Gasteiger partial charge in [0.2, 0.25) is 0 Å². The molecule has 28 heavy (non-hydrogen) atoms. The molecular weight excluding hydrogens is 360 g/mol. The van der Waals surface area contributed by atoms with E-state index in [9.17, 15) is 9.59 Å². The Morgan fingerprint density at radius 2 is 2.18 bits per heavy atom. The van der Waals surface area contributed by atoms with Crippen molar-refractivity contribution in [3.63, 3.8) is 0 Å². The number of ether oxygens (including phenoxy) is 2. The van der Waals surface area contributed by atoms with Crippen LogP contribution in [-0.2, 0) is 18.3 Å². The van der Waals surface area contributed by atoms with Gasteiger partial charge in [0, 0.05) is 38.0 Å². The summed E-state index contributed by atoms with van der Waals surface area (Å²) in [4.78, 5) is 27.2. The fraction of sp³-hybridized carbons (Fsp3) is 0.450. The quantitative estimate of drug-likeness (QED) is 0.788. The van der Waals surface area contributed by atoms with E-state index in [4.69, 9.17) is 9.47 Å². The fourth-order valence-electron chi connectivity index (χ4n) is 3.23. The molecule has 1 aliphatic heterocycles. The van der Waals surface area contributed by atoms with Gasteiger partial charge in [-0.25, -0.2) is 0 Å². The largest absolute Gasteiger partial charge is 0.491 e. The number of rotatable bonds is 5. The van der Waals surface area contributed by atoms with Gasteiger partial charge in [-0.3, -0.25) is 14.3 Å². The van der Waals surface area contributed by atoms with Gasteiger partial charge in [-0.1, -0.05) is 0 Å². The van der Waals surface area contributed by atoms with Crippen molar-refractivity contribution in [2.24, 2.45) is 7.05 Å². The molecule has 1 aromatic heterocycles. The minimum atomic E-state index is -0.182. The molecule has 0 saturated heterocycles. The second kappa shape index (κ2) is 8.43. The van der Waals surface area contributed by atoms with Crippen molar-refractivity contribution < 1.29 is 19.1 Å². The van der Waals surface area contributed by atoms with E-state index in [2.05, 4.69) is 10.4 Å². The van der Waals surface area contributed by atoms with Crippen LogP contribution in [0.1, 0.15) is 38.9 Å². The Labute approximate surface area is 164 Å². The number of hydrogen-bond acceptors (Lipinski definition) is 5. The first-order chi connectivity index (χ1) is 13.4. The molecule has 0 aliphatic carbocycles. The van der Waals surface area contributed by atoms with Crippen LogP contribution in [0.2, 0.25) is 0 Å². The molecule has 0 fully saturated rings. The minimum absolute atomic E-state index is 0.0931. The van der Waals surface area contributed by atoms with E-state index in [0.29, 0.717) is 48.9 Å². The van der Waals surface area contributed by atoms with Gasteiger partial charge < -0.3 is 19.7 Å². The Kier molecular flexibility index (Phi) is 5.99. The molecule has 3 rings (SSSR count). The van der Waals surface area contributed by atoms with E-state index in [0.717, 1.165) is 5.56 Å². The number of fused-ring (bicyclic) bond motifs is 1. The molecule has 1 atom stereocenters. The summed E-state index contributed by atoms with van der Waals surface area (Å²) in [6.07, 6.45) is 1.73. The number of amides is 2. The highest BCUT2D eigenvalue weighted by Crippen LogP contribution is 2.27. The number of nitrogens with one attached hydrogen (secondary N) is 1. The van der Waals surface area contributed by atoms with E-state index in [1.165, 1.54) is 0 Å². The molecule has 2 aromatic rings. The number of aromatic nitrogens is 2. The lowest BCUT2D eigenvalue weighted by Gasteiger charge is -2.26. The Balaban J connectivity index is 1.84. The van der Waals surface area contributed by atoms with Gasteiger partial charge in [0.25, 0.3) is 11.8 Å². The van der Waals surface area contributed by atoms with Crippen LogP contribution in [0.5, 0.6) is 5.75 Å². The average Bonchev–Trinajstić information content (AvgIpc) is 2.92. The molecule has 8 heteroatoms. The first kappa shape index (κ1) is 19.9. The number of benzene rings is 1. The van der Waals surface area contributed by atoms with Crippen LogP contribution in [0.25, 0.3) is 0 Å². The summed E-state index contributed by atoms with van der Waals surface area (Å²) in [5.74, 6) is 0.418. The van der Waals surface area contributed by atoms with Gasteiger partial charge in [0.1, 0.15) is 12.4 Å². The van der Waals surface area contributed by atoms with Gasteiger partial charge in [0.15, 0.2) is 0 Å². The van der Waals surface area contributed by atoms with E-state index in [1.54, 1.807) is 48.1 Å². The van der Waals surface area contributed by atoms with Crippen LogP contribution in [0.3, 0.4) is 0 Å². The van der Waals surface area contributed by atoms with Crippen molar-refractivity contribution in [3.05, 3.63) is 46.8 Å². The van der Waals surface area contributed by atoms with E-state index < -0.39 is 0 Å². The normalized spacial score (nSPS) is 16.1. The van der Waals surface area contributed by atoms with Crippen molar-refractivity contribution >= 4 is 11.8 Å². The number of carbonyl (C=O) groups is 2. The molecule has 8 nitrogen and oxygen atoms in total. The molecule has 0 unspecified atom stereocenters.